The van der Waals surface area contributed by atoms with Crippen LogP contribution in [0.4, 0.5) is 4.39 Å². The predicted octanol–water partition coefficient (Wildman–Crippen LogP) is 4.69. The van der Waals surface area contributed by atoms with E-state index in [1.807, 2.05) is 32.0 Å². The topological polar surface area (TPSA) is 58.6 Å². The minimum Gasteiger partial charge on any atom is -0.484 e. The van der Waals surface area contributed by atoms with Crippen LogP contribution in [-0.2, 0) is 16.1 Å². The zero-order valence-corrected chi connectivity index (χ0v) is 19.2. The van der Waals surface area contributed by atoms with Gasteiger partial charge in [0.05, 0.1) is 0 Å². The van der Waals surface area contributed by atoms with Gasteiger partial charge in [-0.3, -0.25) is 9.59 Å². The van der Waals surface area contributed by atoms with E-state index in [1.165, 1.54) is 17.4 Å². The SMILES string of the molecule is Cc1cc(C)cc(OCC(=O)N(Cc2ccccc2F)C(C)C(=O)NC2CCCCC2)c1. The average Bonchev–Trinajstić information content (AvgIpc) is 2.76. The Balaban J connectivity index is 1.73. The Hall–Kier alpha value is -2.89. The van der Waals surface area contributed by atoms with Crippen LogP contribution in [0.5, 0.6) is 5.75 Å². The number of carbonyl (C=O) groups is 2. The molecule has 1 aliphatic carbocycles. The number of hydrogen-bond acceptors (Lipinski definition) is 3. The van der Waals surface area contributed by atoms with Crippen molar-refractivity contribution in [2.24, 2.45) is 0 Å². The van der Waals surface area contributed by atoms with Crippen LogP contribution in [-0.4, -0.2) is 35.4 Å². The molecule has 1 atom stereocenters. The lowest BCUT2D eigenvalue weighted by Crippen LogP contribution is -2.51. The van der Waals surface area contributed by atoms with Crippen molar-refractivity contribution in [1.29, 1.82) is 0 Å². The molecule has 32 heavy (non-hydrogen) atoms. The largest absolute Gasteiger partial charge is 0.484 e. The van der Waals surface area contributed by atoms with E-state index in [4.69, 9.17) is 4.74 Å². The van der Waals surface area contributed by atoms with Gasteiger partial charge in [-0.05, 0) is 62.9 Å². The minimum atomic E-state index is -0.744. The molecule has 1 aliphatic rings. The first-order valence-electron chi connectivity index (χ1n) is 11.4. The van der Waals surface area contributed by atoms with Crippen molar-refractivity contribution >= 4 is 11.8 Å². The lowest BCUT2D eigenvalue weighted by Gasteiger charge is -2.31. The molecule has 2 aromatic carbocycles. The summed E-state index contributed by atoms with van der Waals surface area (Å²) in [5.74, 6) is -0.381. The minimum absolute atomic E-state index is 0.000958. The predicted molar refractivity (Wildman–Crippen MR) is 123 cm³/mol. The van der Waals surface area contributed by atoms with Crippen molar-refractivity contribution in [3.8, 4) is 5.75 Å². The number of aryl methyl sites for hydroxylation is 2. The molecule has 1 N–H and O–H groups in total. The number of hydrogen-bond donors (Lipinski definition) is 1. The molecule has 0 heterocycles. The van der Waals surface area contributed by atoms with Crippen LogP contribution < -0.4 is 10.1 Å². The van der Waals surface area contributed by atoms with Crippen molar-refractivity contribution < 1.29 is 18.7 Å². The van der Waals surface area contributed by atoms with E-state index in [0.29, 0.717) is 11.3 Å². The van der Waals surface area contributed by atoms with E-state index in [2.05, 4.69) is 5.32 Å². The van der Waals surface area contributed by atoms with Crippen LogP contribution in [0.3, 0.4) is 0 Å². The Kier molecular flexibility index (Phi) is 8.26. The molecular formula is C26H33FN2O3. The van der Waals surface area contributed by atoms with Crippen molar-refractivity contribution in [3.63, 3.8) is 0 Å². The maximum atomic E-state index is 14.3. The van der Waals surface area contributed by atoms with Crippen molar-refractivity contribution in [2.45, 2.75) is 71.5 Å². The molecule has 0 spiro atoms. The van der Waals surface area contributed by atoms with Gasteiger partial charge in [0.1, 0.15) is 17.6 Å². The summed E-state index contributed by atoms with van der Waals surface area (Å²) in [6.45, 7) is 5.39. The molecule has 5 nitrogen and oxygen atoms in total. The molecule has 0 bridgehead atoms. The number of nitrogens with zero attached hydrogens (tertiary/aromatic N) is 1. The Labute approximate surface area is 190 Å². The number of rotatable bonds is 8. The standard InChI is InChI=1S/C26H33FN2O3/c1-18-13-19(2)15-23(14-18)32-17-25(30)29(16-21-9-7-8-12-24(21)27)20(3)26(31)28-22-10-5-4-6-11-22/h7-9,12-15,20,22H,4-6,10-11,16-17H2,1-3H3,(H,28,31). The number of ether oxygens (including phenoxy) is 1. The van der Waals surface area contributed by atoms with Gasteiger partial charge in [0, 0.05) is 18.2 Å². The normalized spacial score (nSPS) is 15.1. The van der Waals surface area contributed by atoms with Crippen LogP contribution in [0.15, 0.2) is 42.5 Å². The van der Waals surface area contributed by atoms with Crippen molar-refractivity contribution in [3.05, 3.63) is 65.0 Å². The highest BCUT2D eigenvalue weighted by molar-refractivity contribution is 5.88. The fourth-order valence-electron chi connectivity index (χ4n) is 4.21. The van der Waals surface area contributed by atoms with Gasteiger partial charge in [0.25, 0.3) is 5.91 Å². The fourth-order valence-corrected chi connectivity index (χ4v) is 4.21. The second-order valence-corrected chi connectivity index (χ2v) is 8.74. The second kappa shape index (κ2) is 11.1. The van der Waals surface area contributed by atoms with Gasteiger partial charge in [-0.2, -0.15) is 0 Å². The first kappa shape index (κ1) is 23.8. The van der Waals surface area contributed by atoms with E-state index in [-0.39, 0.29) is 31.0 Å². The third-order valence-corrected chi connectivity index (χ3v) is 5.97. The van der Waals surface area contributed by atoms with Crippen molar-refractivity contribution in [1.82, 2.24) is 10.2 Å². The third-order valence-electron chi connectivity index (χ3n) is 5.97. The molecule has 1 fully saturated rings. The maximum Gasteiger partial charge on any atom is 0.261 e. The molecule has 172 valence electrons. The van der Waals surface area contributed by atoms with Gasteiger partial charge in [-0.1, -0.05) is 43.5 Å². The van der Waals surface area contributed by atoms with Gasteiger partial charge in [0.2, 0.25) is 5.91 Å². The van der Waals surface area contributed by atoms with Crippen LogP contribution in [0.25, 0.3) is 0 Å². The summed E-state index contributed by atoms with van der Waals surface area (Å²) in [5, 5.41) is 3.08. The molecular weight excluding hydrogens is 407 g/mol. The number of halogens is 1. The summed E-state index contributed by atoms with van der Waals surface area (Å²) in [6, 6.07) is 11.5. The Bertz CT molecular complexity index is 920. The number of amides is 2. The van der Waals surface area contributed by atoms with Crippen LogP contribution in [0.2, 0.25) is 0 Å². The number of carbonyl (C=O) groups excluding carboxylic acids is 2. The van der Waals surface area contributed by atoms with Gasteiger partial charge < -0.3 is 15.0 Å². The third kappa shape index (κ3) is 6.55. The zero-order chi connectivity index (χ0) is 23.1. The first-order chi connectivity index (χ1) is 15.3. The highest BCUT2D eigenvalue weighted by atomic mass is 19.1. The lowest BCUT2D eigenvalue weighted by molar-refractivity contribution is -0.142. The molecule has 2 amide bonds. The molecule has 6 heteroatoms. The van der Waals surface area contributed by atoms with E-state index >= 15 is 0 Å². The Morgan fingerprint density at radius 1 is 1.09 bits per heavy atom. The molecule has 0 aromatic heterocycles. The highest BCUT2D eigenvalue weighted by Gasteiger charge is 2.29. The quantitative estimate of drug-likeness (QED) is 0.648. The molecule has 1 saturated carbocycles. The molecule has 1 unspecified atom stereocenters. The maximum absolute atomic E-state index is 14.3. The number of benzene rings is 2. The zero-order valence-electron chi connectivity index (χ0n) is 19.2. The summed E-state index contributed by atoms with van der Waals surface area (Å²) in [6.07, 6.45) is 5.29. The molecule has 2 aromatic rings. The average molecular weight is 441 g/mol. The summed E-state index contributed by atoms with van der Waals surface area (Å²) < 4.78 is 20.1. The van der Waals surface area contributed by atoms with E-state index in [1.54, 1.807) is 25.1 Å². The summed E-state index contributed by atoms with van der Waals surface area (Å²) in [4.78, 5) is 27.5. The van der Waals surface area contributed by atoms with Gasteiger partial charge in [-0.15, -0.1) is 0 Å². The summed E-state index contributed by atoms with van der Waals surface area (Å²) in [7, 11) is 0. The van der Waals surface area contributed by atoms with E-state index in [9.17, 15) is 14.0 Å². The molecule has 3 rings (SSSR count). The van der Waals surface area contributed by atoms with Gasteiger partial charge >= 0.3 is 0 Å². The van der Waals surface area contributed by atoms with Crippen molar-refractivity contribution in [2.75, 3.05) is 6.61 Å². The Morgan fingerprint density at radius 2 is 1.75 bits per heavy atom. The van der Waals surface area contributed by atoms with Crippen LogP contribution in [0, 0.1) is 19.7 Å². The monoisotopic (exact) mass is 440 g/mol. The van der Waals surface area contributed by atoms with Crippen LogP contribution >= 0.6 is 0 Å². The Morgan fingerprint density at radius 3 is 2.41 bits per heavy atom. The van der Waals surface area contributed by atoms with Crippen LogP contribution in [0.1, 0.15) is 55.7 Å². The second-order valence-electron chi connectivity index (χ2n) is 8.74. The highest BCUT2D eigenvalue weighted by Crippen LogP contribution is 2.20. The van der Waals surface area contributed by atoms with E-state index < -0.39 is 11.9 Å². The molecule has 0 saturated heterocycles. The smallest absolute Gasteiger partial charge is 0.261 e. The molecule has 0 radical (unpaired) electrons. The molecule has 0 aliphatic heterocycles. The first-order valence-corrected chi connectivity index (χ1v) is 11.4. The number of nitrogens with one attached hydrogen (secondary N) is 1. The van der Waals surface area contributed by atoms with Gasteiger partial charge in [-0.25, -0.2) is 4.39 Å². The fraction of sp³-hybridized carbons (Fsp3) is 0.462. The summed E-state index contributed by atoms with van der Waals surface area (Å²) >= 11 is 0. The van der Waals surface area contributed by atoms with E-state index in [0.717, 1.165) is 36.8 Å². The summed E-state index contributed by atoms with van der Waals surface area (Å²) in [5.41, 5.74) is 2.44. The van der Waals surface area contributed by atoms with Gasteiger partial charge in [0.15, 0.2) is 6.61 Å². The lowest BCUT2D eigenvalue weighted by atomic mass is 9.95.